The van der Waals surface area contributed by atoms with Crippen LogP contribution in [-0.2, 0) is 6.42 Å². The Morgan fingerprint density at radius 2 is 1.95 bits per heavy atom. The molecule has 0 aliphatic carbocycles. The summed E-state index contributed by atoms with van der Waals surface area (Å²) in [6, 6.07) is 6.57. The third kappa shape index (κ3) is 4.59. The van der Waals surface area contributed by atoms with Gasteiger partial charge in [-0.1, -0.05) is 39.0 Å². The van der Waals surface area contributed by atoms with Crippen molar-refractivity contribution in [2.75, 3.05) is 25.1 Å². The molecule has 0 bridgehead atoms. The summed E-state index contributed by atoms with van der Waals surface area (Å²) in [7, 11) is 1.75. The van der Waals surface area contributed by atoms with E-state index < -0.39 is 0 Å². The normalized spacial score (nSPS) is 10.4. The molecule has 0 spiro atoms. The van der Waals surface area contributed by atoms with E-state index in [-0.39, 0.29) is 0 Å². The highest BCUT2D eigenvalue weighted by Crippen LogP contribution is 2.26. The number of anilines is 1. The van der Waals surface area contributed by atoms with Crippen LogP contribution in [0.3, 0.4) is 0 Å². The lowest BCUT2D eigenvalue weighted by Crippen LogP contribution is -2.25. The molecule has 20 heavy (non-hydrogen) atoms. The van der Waals surface area contributed by atoms with Crippen molar-refractivity contribution in [1.29, 1.82) is 0 Å². The van der Waals surface area contributed by atoms with Crippen molar-refractivity contribution in [2.45, 2.75) is 46.5 Å². The van der Waals surface area contributed by atoms with Crippen molar-refractivity contribution in [2.24, 2.45) is 0 Å². The van der Waals surface area contributed by atoms with Crippen molar-refractivity contribution in [1.82, 2.24) is 0 Å². The SMILES string of the molecule is C=C(CC)CCN(CCC)c1ccc(CC)c(OC)c1. The van der Waals surface area contributed by atoms with E-state index in [2.05, 4.69) is 50.4 Å². The predicted octanol–water partition coefficient (Wildman–Crippen LogP) is 4.83. The first-order valence-corrected chi connectivity index (χ1v) is 7.74. The number of hydrogen-bond acceptors (Lipinski definition) is 2. The molecular formula is C18H29NO. The van der Waals surface area contributed by atoms with Gasteiger partial charge in [-0.2, -0.15) is 0 Å². The number of rotatable bonds is 9. The lowest BCUT2D eigenvalue weighted by Gasteiger charge is -2.25. The summed E-state index contributed by atoms with van der Waals surface area (Å²) in [5, 5.41) is 0. The second kappa shape index (κ2) is 8.68. The van der Waals surface area contributed by atoms with E-state index >= 15 is 0 Å². The molecule has 0 fully saturated rings. The summed E-state index contributed by atoms with van der Waals surface area (Å²) < 4.78 is 5.51. The van der Waals surface area contributed by atoms with Crippen molar-refractivity contribution in [3.8, 4) is 5.75 Å². The van der Waals surface area contributed by atoms with Gasteiger partial charge in [0.1, 0.15) is 5.75 Å². The topological polar surface area (TPSA) is 12.5 Å². The molecule has 0 N–H and O–H groups in total. The van der Waals surface area contributed by atoms with Crippen LogP contribution in [0.15, 0.2) is 30.4 Å². The fourth-order valence-corrected chi connectivity index (χ4v) is 2.33. The maximum atomic E-state index is 5.51. The molecule has 1 rings (SSSR count). The summed E-state index contributed by atoms with van der Waals surface area (Å²) in [5.41, 5.74) is 3.85. The third-order valence-corrected chi connectivity index (χ3v) is 3.75. The number of benzene rings is 1. The van der Waals surface area contributed by atoms with Gasteiger partial charge in [-0.3, -0.25) is 0 Å². The number of nitrogens with zero attached hydrogens (tertiary/aromatic N) is 1. The van der Waals surface area contributed by atoms with Crippen LogP contribution < -0.4 is 9.64 Å². The summed E-state index contributed by atoms with van der Waals surface area (Å²) in [6.07, 6.45) is 4.28. The zero-order chi connectivity index (χ0) is 15.0. The number of ether oxygens (including phenoxy) is 1. The Morgan fingerprint density at radius 1 is 1.20 bits per heavy atom. The van der Waals surface area contributed by atoms with Crippen molar-refractivity contribution >= 4 is 5.69 Å². The van der Waals surface area contributed by atoms with Gasteiger partial charge < -0.3 is 9.64 Å². The third-order valence-electron chi connectivity index (χ3n) is 3.75. The van der Waals surface area contributed by atoms with Crippen LogP contribution in [0.2, 0.25) is 0 Å². The molecule has 0 radical (unpaired) electrons. The Bertz CT molecular complexity index is 425. The maximum Gasteiger partial charge on any atom is 0.124 e. The zero-order valence-corrected chi connectivity index (χ0v) is 13.5. The second-order valence-electron chi connectivity index (χ2n) is 5.19. The fraction of sp³-hybridized carbons (Fsp3) is 0.556. The molecule has 0 atom stereocenters. The van der Waals surface area contributed by atoms with Crippen LogP contribution in [0, 0.1) is 0 Å². The molecule has 0 unspecified atom stereocenters. The molecule has 0 saturated heterocycles. The van der Waals surface area contributed by atoms with Gasteiger partial charge in [-0.05, 0) is 37.3 Å². The summed E-state index contributed by atoms with van der Waals surface area (Å²) in [5.74, 6) is 1.00. The van der Waals surface area contributed by atoms with E-state index in [1.165, 1.54) is 16.8 Å². The van der Waals surface area contributed by atoms with Crippen molar-refractivity contribution < 1.29 is 4.74 Å². The minimum absolute atomic E-state index is 1.00. The van der Waals surface area contributed by atoms with E-state index in [4.69, 9.17) is 4.74 Å². The Balaban J connectivity index is 2.87. The Labute approximate surface area is 124 Å². The van der Waals surface area contributed by atoms with E-state index in [9.17, 15) is 0 Å². The molecule has 112 valence electrons. The van der Waals surface area contributed by atoms with Gasteiger partial charge in [0.2, 0.25) is 0 Å². The quantitative estimate of drug-likeness (QED) is 0.598. The van der Waals surface area contributed by atoms with Crippen molar-refractivity contribution in [3.05, 3.63) is 35.9 Å². The van der Waals surface area contributed by atoms with Crippen LogP contribution in [0.25, 0.3) is 0 Å². The highest BCUT2D eigenvalue weighted by atomic mass is 16.5. The standard InChI is InChI=1S/C18H29NO/c1-6-12-19(13-11-15(4)7-2)17-10-9-16(8-3)18(14-17)20-5/h9-10,14H,4,6-8,11-13H2,1-3,5H3. The molecule has 1 aromatic rings. The molecule has 0 aliphatic rings. The first-order chi connectivity index (χ1) is 9.65. The van der Waals surface area contributed by atoms with Gasteiger partial charge in [0.15, 0.2) is 0 Å². The van der Waals surface area contributed by atoms with E-state index in [0.717, 1.165) is 44.5 Å². The average Bonchev–Trinajstić information content (AvgIpc) is 2.50. The largest absolute Gasteiger partial charge is 0.496 e. The lowest BCUT2D eigenvalue weighted by atomic mass is 10.1. The minimum atomic E-state index is 1.00. The molecule has 0 aliphatic heterocycles. The molecular weight excluding hydrogens is 246 g/mol. The first kappa shape index (κ1) is 16.6. The fourth-order valence-electron chi connectivity index (χ4n) is 2.33. The van der Waals surface area contributed by atoms with Crippen LogP contribution in [0.1, 0.15) is 45.6 Å². The highest BCUT2D eigenvalue weighted by Gasteiger charge is 2.09. The van der Waals surface area contributed by atoms with Crippen LogP contribution >= 0.6 is 0 Å². The smallest absolute Gasteiger partial charge is 0.124 e. The Morgan fingerprint density at radius 3 is 2.50 bits per heavy atom. The monoisotopic (exact) mass is 275 g/mol. The van der Waals surface area contributed by atoms with Gasteiger partial charge in [-0.15, -0.1) is 0 Å². The molecule has 1 aromatic carbocycles. The maximum absolute atomic E-state index is 5.51. The first-order valence-electron chi connectivity index (χ1n) is 7.74. The molecule has 0 heterocycles. The van der Waals surface area contributed by atoms with Crippen LogP contribution in [-0.4, -0.2) is 20.2 Å². The van der Waals surface area contributed by atoms with Crippen LogP contribution in [0.4, 0.5) is 5.69 Å². The molecule has 0 amide bonds. The van der Waals surface area contributed by atoms with E-state index in [1.54, 1.807) is 7.11 Å². The van der Waals surface area contributed by atoms with Gasteiger partial charge in [0, 0.05) is 24.8 Å². The predicted molar refractivity (Wildman–Crippen MR) is 88.9 cm³/mol. The molecule has 2 heteroatoms. The van der Waals surface area contributed by atoms with Gasteiger partial charge in [0.05, 0.1) is 7.11 Å². The van der Waals surface area contributed by atoms with Crippen LogP contribution in [0.5, 0.6) is 5.75 Å². The number of methoxy groups -OCH3 is 1. The second-order valence-corrected chi connectivity index (χ2v) is 5.19. The van der Waals surface area contributed by atoms with Gasteiger partial charge in [-0.25, -0.2) is 0 Å². The van der Waals surface area contributed by atoms with E-state index in [0.29, 0.717) is 0 Å². The van der Waals surface area contributed by atoms with E-state index in [1.807, 2.05) is 0 Å². The Kier molecular flexibility index (Phi) is 7.21. The molecule has 2 nitrogen and oxygen atoms in total. The molecule has 0 aromatic heterocycles. The lowest BCUT2D eigenvalue weighted by molar-refractivity contribution is 0.410. The highest BCUT2D eigenvalue weighted by molar-refractivity contribution is 5.54. The van der Waals surface area contributed by atoms with Gasteiger partial charge >= 0.3 is 0 Å². The number of hydrogen-bond donors (Lipinski definition) is 0. The van der Waals surface area contributed by atoms with Crippen molar-refractivity contribution in [3.63, 3.8) is 0 Å². The molecule has 0 saturated carbocycles. The summed E-state index contributed by atoms with van der Waals surface area (Å²) in [4.78, 5) is 2.43. The van der Waals surface area contributed by atoms with Gasteiger partial charge in [0.25, 0.3) is 0 Å². The number of aryl methyl sites for hydroxylation is 1. The minimum Gasteiger partial charge on any atom is -0.496 e. The Hall–Kier alpha value is -1.44. The summed E-state index contributed by atoms with van der Waals surface area (Å²) in [6.45, 7) is 12.8. The average molecular weight is 275 g/mol. The summed E-state index contributed by atoms with van der Waals surface area (Å²) >= 11 is 0. The zero-order valence-electron chi connectivity index (χ0n) is 13.5.